The number of rotatable bonds is 2. The van der Waals surface area contributed by atoms with Crippen LogP contribution in [0.4, 0.5) is 0 Å². The lowest BCUT2D eigenvalue weighted by atomic mass is 10.1. The van der Waals surface area contributed by atoms with Gasteiger partial charge in [-0.1, -0.05) is 11.6 Å². The Bertz CT molecular complexity index is 850. The maximum Gasteiger partial charge on any atom is 0.193 e. The monoisotopic (exact) mass is 326 g/mol. The smallest absolute Gasteiger partial charge is 0.193 e. The van der Waals surface area contributed by atoms with Crippen molar-refractivity contribution in [1.29, 1.82) is 0 Å². The molecule has 0 unspecified atom stereocenters. The Morgan fingerprint density at radius 1 is 1.27 bits per heavy atom. The minimum absolute atomic E-state index is 0.334. The van der Waals surface area contributed by atoms with Gasteiger partial charge in [0.15, 0.2) is 11.9 Å². The molecule has 0 aliphatic carbocycles. The van der Waals surface area contributed by atoms with Crippen LogP contribution in [0.2, 0.25) is 5.02 Å². The number of aromatic nitrogens is 6. The number of ether oxygens (including phenoxy) is 1. The lowest BCUT2D eigenvalue weighted by Crippen LogP contribution is -2.33. The molecule has 116 valence electrons. The molecule has 4 rings (SSSR count). The molecule has 1 fully saturated rings. The predicted molar refractivity (Wildman–Crippen MR) is 72.1 cm³/mol. The molecule has 11 heteroatoms. The fourth-order valence-electron chi connectivity index (χ4n) is 2.67. The summed E-state index contributed by atoms with van der Waals surface area (Å²) in [6.45, 7) is -0.409. The molecule has 0 aromatic carbocycles. The van der Waals surface area contributed by atoms with Crippen molar-refractivity contribution in [2.24, 2.45) is 0 Å². The van der Waals surface area contributed by atoms with Crippen molar-refractivity contribution >= 4 is 28.3 Å². The first-order chi connectivity index (χ1) is 10.6. The Morgan fingerprint density at radius 2 is 2.09 bits per heavy atom. The molecule has 0 bridgehead atoms. The van der Waals surface area contributed by atoms with E-state index >= 15 is 0 Å². The van der Waals surface area contributed by atoms with Gasteiger partial charge >= 0.3 is 0 Å². The number of aliphatic hydroxyl groups excluding tert-OH is 3. The quantitative estimate of drug-likeness (QED) is 0.532. The molecule has 1 aliphatic heterocycles. The number of fused-ring (bicyclic) bond motifs is 3. The van der Waals surface area contributed by atoms with Gasteiger partial charge in [-0.05, 0) is 10.4 Å². The fraction of sp³-hybridized carbons (Fsp3) is 0.455. The molecule has 0 amide bonds. The van der Waals surface area contributed by atoms with E-state index in [0.29, 0.717) is 21.7 Å². The molecule has 4 atom stereocenters. The van der Waals surface area contributed by atoms with E-state index in [-0.39, 0.29) is 0 Å². The predicted octanol–water partition coefficient (Wildman–Crippen LogP) is -1.26. The van der Waals surface area contributed by atoms with E-state index in [2.05, 4.69) is 20.5 Å². The molecule has 10 nitrogen and oxygen atoms in total. The van der Waals surface area contributed by atoms with Gasteiger partial charge in [-0.15, -0.1) is 5.10 Å². The van der Waals surface area contributed by atoms with Crippen molar-refractivity contribution in [1.82, 2.24) is 29.6 Å². The van der Waals surface area contributed by atoms with Gasteiger partial charge in [-0.3, -0.25) is 0 Å². The molecule has 0 saturated carbocycles. The Morgan fingerprint density at radius 3 is 2.82 bits per heavy atom. The first kappa shape index (κ1) is 13.8. The molecule has 1 saturated heterocycles. The number of nitrogens with zero attached hydrogens (tertiary/aromatic N) is 6. The van der Waals surface area contributed by atoms with Crippen LogP contribution in [0.5, 0.6) is 0 Å². The molecule has 3 aromatic heterocycles. The van der Waals surface area contributed by atoms with Crippen LogP contribution in [0.25, 0.3) is 16.7 Å². The Labute approximate surface area is 127 Å². The SMILES string of the molecule is OC[C@H]1O[C@@H](n2cc(Cl)c3c2ncn2nnnc32)[C@H](O)[C@@H]1O. The first-order valence-corrected chi connectivity index (χ1v) is 6.85. The maximum absolute atomic E-state index is 10.1. The molecular weight excluding hydrogens is 316 g/mol. The highest BCUT2D eigenvalue weighted by molar-refractivity contribution is 6.36. The number of hydrogen-bond donors (Lipinski definition) is 3. The van der Waals surface area contributed by atoms with Gasteiger partial charge in [0.1, 0.15) is 30.3 Å². The molecule has 0 radical (unpaired) electrons. The van der Waals surface area contributed by atoms with Crippen LogP contribution < -0.4 is 0 Å². The van der Waals surface area contributed by atoms with Crippen molar-refractivity contribution in [3.63, 3.8) is 0 Å². The standard InChI is InChI=1S/C11H11ClN6O4/c12-4-1-17(11-8(21)7(20)5(2-19)22-11)9-6(4)10-14-15-16-18(10)3-13-9/h1,3,5,7-8,11,19-21H,2H2/t5-,7-,8-,11-/m1/s1. The largest absolute Gasteiger partial charge is 0.394 e. The zero-order valence-corrected chi connectivity index (χ0v) is 11.7. The topological polar surface area (TPSA) is 131 Å². The van der Waals surface area contributed by atoms with Gasteiger partial charge < -0.3 is 24.6 Å². The molecule has 3 aromatic rings. The summed E-state index contributed by atoms with van der Waals surface area (Å²) in [7, 11) is 0. The molecular formula is C11H11ClN6O4. The second kappa shape index (κ2) is 4.83. The van der Waals surface area contributed by atoms with Crippen LogP contribution in [0.15, 0.2) is 12.5 Å². The second-order valence-corrected chi connectivity index (χ2v) is 5.41. The third kappa shape index (κ3) is 1.76. The zero-order chi connectivity index (χ0) is 15.4. The van der Waals surface area contributed by atoms with Crippen molar-refractivity contribution in [2.45, 2.75) is 24.5 Å². The van der Waals surface area contributed by atoms with Crippen LogP contribution in [-0.2, 0) is 4.74 Å². The van der Waals surface area contributed by atoms with Gasteiger partial charge in [-0.2, -0.15) is 4.52 Å². The third-order valence-electron chi connectivity index (χ3n) is 3.76. The Balaban J connectivity index is 1.89. The minimum Gasteiger partial charge on any atom is -0.394 e. The van der Waals surface area contributed by atoms with E-state index in [1.165, 1.54) is 21.6 Å². The summed E-state index contributed by atoms with van der Waals surface area (Å²) < 4.78 is 8.36. The highest BCUT2D eigenvalue weighted by atomic mass is 35.5. The van der Waals surface area contributed by atoms with Crippen LogP contribution in [0.1, 0.15) is 6.23 Å². The first-order valence-electron chi connectivity index (χ1n) is 6.47. The summed E-state index contributed by atoms with van der Waals surface area (Å²) in [5.74, 6) is 0. The highest BCUT2D eigenvalue weighted by Crippen LogP contribution is 2.35. The van der Waals surface area contributed by atoms with Crippen LogP contribution in [-0.4, -0.2) is 69.8 Å². The van der Waals surface area contributed by atoms with Crippen molar-refractivity contribution in [3.8, 4) is 0 Å². The van der Waals surface area contributed by atoms with E-state index in [4.69, 9.17) is 16.3 Å². The van der Waals surface area contributed by atoms with E-state index in [9.17, 15) is 15.3 Å². The lowest BCUT2D eigenvalue weighted by Gasteiger charge is -2.17. The number of halogens is 1. The molecule has 3 N–H and O–H groups in total. The summed E-state index contributed by atoms with van der Waals surface area (Å²) in [5.41, 5.74) is 0.822. The molecule has 22 heavy (non-hydrogen) atoms. The van der Waals surface area contributed by atoms with Crippen molar-refractivity contribution in [3.05, 3.63) is 17.5 Å². The number of tetrazole rings is 1. The number of hydrogen-bond acceptors (Lipinski definition) is 8. The minimum atomic E-state index is -1.22. The molecule has 0 spiro atoms. The van der Waals surface area contributed by atoms with E-state index in [1.807, 2.05) is 0 Å². The molecule has 4 heterocycles. The van der Waals surface area contributed by atoms with Gasteiger partial charge in [-0.25, -0.2) is 4.98 Å². The molecule has 1 aliphatic rings. The van der Waals surface area contributed by atoms with Crippen LogP contribution >= 0.6 is 11.6 Å². The average Bonchev–Trinajstić information content (AvgIpc) is 3.17. The van der Waals surface area contributed by atoms with Gasteiger partial charge in [0.2, 0.25) is 0 Å². The van der Waals surface area contributed by atoms with Crippen molar-refractivity contribution in [2.75, 3.05) is 6.61 Å². The fourth-order valence-corrected chi connectivity index (χ4v) is 2.95. The summed E-state index contributed by atoms with van der Waals surface area (Å²) in [4.78, 5) is 4.22. The van der Waals surface area contributed by atoms with Gasteiger partial charge in [0.25, 0.3) is 0 Å². The Kier molecular flexibility index (Phi) is 3.03. The van der Waals surface area contributed by atoms with Crippen LogP contribution in [0, 0.1) is 0 Å². The van der Waals surface area contributed by atoms with Crippen LogP contribution in [0.3, 0.4) is 0 Å². The van der Waals surface area contributed by atoms with E-state index in [1.54, 1.807) is 0 Å². The highest BCUT2D eigenvalue weighted by Gasteiger charge is 2.44. The number of aliphatic hydroxyl groups is 3. The zero-order valence-electron chi connectivity index (χ0n) is 11.0. The van der Waals surface area contributed by atoms with E-state index in [0.717, 1.165) is 0 Å². The van der Waals surface area contributed by atoms with E-state index < -0.39 is 31.1 Å². The summed E-state index contributed by atoms with van der Waals surface area (Å²) in [6, 6.07) is 0. The van der Waals surface area contributed by atoms with Gasteiger partial charge in [0, 0.05) is 6.20 Å². The van der Waals surface area contributed by atoms with Gasteiger partial charge in [0.05, 0.1) is 17.0 Å². The summed E-state index contributed by atoms with van der Waals surface area (Å²) >= 11 is 6.23. The van der Waals surface area contributed by atoms with Crippen molar-refractivity contribution < 1.29 is 20.1 Å². The summed E-state index contributed by atoms with van der Waals surface area (Å²) in [6.07, 6.45) is -1.30. The average molecular weight is 327 g/mol. The Hall–Kier alpha value is -1.85. The second-order valence-electron chi connectivity index (χ2n) is 5.00. The normalized spacial score (nSPS) is 28.9. The maximum atomic E-state index is 10.1. The third-order valence-corrected chi connectivity index (χ3v) is 4.04. The lowest BCUT2D eigenvalue weighted by molar-refractivity contribution is -0.0508. The summed E-state index contributed by atoms with van der Waals surface area (Å²) in [5, 5.41) is 41.2.